The minimum Gasteiger partial charge on any atom is -0.491 e. The van der Waals surface area contributed by atoms with Crippen LogP contribution in [0.25, 0.3) is 0 Å². The van der Waals surface area contributed by atoms with Crippen LogP contribution in [0, 0.1) is 6.92 Å². The van der Waals surface area contributed by atoms with Gasteiger partial charge in [0.15, 0.2) is 5.78 Å². The number of hydrogen-bond donors (Lipinski definition) is 0. The standard InChI is InChI=1S/C17H18O2/c1-12(2)19-15-9-10-16(13(3)11-15)17(18)14-7-5-4-6-8-14/h4-12H,1-3H3. The molecular formula is C17H18O2. The van der Waals surface area contributed by atoms with Gasteiger partial charge in [-0.15, -0.1) is 0 Å². The lowest BCUT2D eigenvalue weighted by molar-refractivity contribution is 0.103. The molecule has 0 saturated carbocycles. The number of hydrogen-bond acceptors (Lipinski definition) is 2. The molecule has 0 spiro atoms. The molecule has 0 fully saturated rings. The van der Waals surface area contributed by atoms with Gasteiger partial charge in [-0.1, -0.05) is 30.3 Å². The number of ether oxygens (including phenoxy) is 1. The quantitative estimate of drug-likeness (QED) is 0.770. The van der Waals surface area contributed by atoms with E-state index < -0.39 is 0 Å². The molecule has 0 N–H and O–H groups in total. The molecule has 0 atom stereocenters. The topological polar surface area (TPSA) is 26.3 Å². The predicted molar refractivity (Wildman–Crippen MR) is 76.8 cm³/mol. The van der Waals surface area contributed by atoms with E-state index >= 15 is 0 Å². The number of carbonyl (C=O) groups is 1. The Labute approximate surface area is 114 Å². The largest absolute Gasteiger partial charge is 0.491 e. The molecule has 0 aliphatic rings. The highest BCUT2D eigenvalue weighted by molar-refractivity contribution is 6.09. The second kappa shape index (κ2) is 5.70. The van der Waals surface area contributed by atoms with E-state index in [-0.39, 0.29) is 11.9 Å². The van der Waals surface area contributed by atoms with Gasteiger partial charge in [0.1, 0.15) is 5.75 Å². The van der Waals surface area contributed by atoms with Crippen LogP contribution in [0.2, 0.25) is 0 Å². The molecule has 2 nitrogen and oxygen atoms in total. The van der Waals surface area contributed by atoms with Crippen LogP contribution < -0.4 is 4.74 Å². The molecule has 2 aromatic rings. The van der Waals surface area contributed by atoms with E-state index in [1.54, 1.807) is 0 Å². The number of benzene rings is 2. The van der Waals surface area contributed by atoms with Crippen molar-refractivity contribution in [2.75, 3.05) is 0 Å². The normalized spacial score (nSPS) is 10.5. The summed E-state index contributed by atoms with van der Waals surface area (Å²) in [4.78, 5) is 12.4. The number of ketones is 1. The van der Waals surface area contributed by atoms with Gasteiger partial charge in [0.05, 0.1) is 6.10 Å². The molecule has 0 amide bonds. The Hall–Kier alpha value is -2.09. The van der Waals surface area contributed by atoms with Crippen LogP contribution in [-0.4, -0.2) is 11.9 Å². The Morgan fingerprint density at radius 2 is 1.74 bits per heavy atom. The average Bonchev–Trinajstić information content (AvgIpc) is 2.38. The van der Waals surface area contributed by atoms with Crippen LogP contribution in [-0.2, 0) is 0 Å². The van der Waals surface area contributed by atoms with Crippen molar-refractivity contribution in [2.45, 2.75) is 26.9 Å². The molecular weight excluding hydrogens is 236 g/mol. The molecule has 0 aliphatic carbocycles. The molecule has 2 heteroatoms. The Morgan fingerprint density at radius 1 is 1.05 bits per heavy atom. The summed E-state index contributed by atoms with van der Waals surface area (Å²) in [7, 11) is 0. The first-order valence-electron chi connectivity index (χ1n) is 6.45. The number of carbonyl (C=O) groups excluding carboxylic acids is 1. The second-order valence-electron chi connectivity index (χ2n) is 4.84. The van der Waals surface area contributed by atoms with Crippen LogP contribution in [0.15, 0.2) is 48.5 Å². The number of aryl methyl sites for hydroxylation is 1. The average molecular weight is 254 g/mol. The summed E-state index contributed by atoms with van der Waals surface area (Å²) < 4.78 is 5.62. The van der Waals surface area contributed by atoms with E-state index in [0.717, 1.165) is 16.9 Å². The van der Waals surface area contributed by atoms with Crippen molar-refractivity contribution in [1.29, 1.82) is 0 Å². The summed E-state index contributed by atoms with van der Waals surface area (Å²) in [6.07, 6.45) is 0.134. The van der Waals surface area contributed by atoms with Crippen molar-refractivity contribution >= 4 is 5.78 Å². The molecule has 0 aromatic heterocycles. The van der Waals surface area contributed by atoms with Gasteiger partial charge >= 0.3 is 0 Å². The molecule has 0 bridgehead atoms. The summed E-state index contributed by atoms with van der Waals surface area (Å²) in [5.41, 5.74) is 2.37. The first-order valence-corrected chi connectivity index (χ1v) is 6.45. The Kier molecular flexibility index (Phi) is 4.00. The molecule has 19 heavy (non-hydrogen) atoms. The first kappa shape index (κ1) is 13.3. The molecule has 2 aromatic carbocycles. The molecule has 0 saturated heterocycles. The minimum atomic E-state index is 0.0502. The van der Waals surface area contributed by atoms with Crippen molar-refractivity contribution < 1.29 is 9.53 Å². The van der Waals surface area contributed by atoms with Gasteiger partial charge in [-0.3, -0.25) is 4.79 Å². The highest BCUT2D eigenvalue weighted by atomic mass is 16.5. The van der Waals surface area contributed by atoms with Crippen molar-refractivity contribution in [3.05, 3.63) is 65.2 Å². The van der Waals surface area contributed by atoms with Gasteiger partial charge in [0, 0.05) is 11.1 Å². The third kappa shape index (κ3) is 3.22. The van der Waals surface area contributed by atoms with E-state index in [0.29, 0.717) is 5.56 Å². The van der Waals surface area contributed by atoms with E-state index in [1.807, 2.05) is 69.3 Å². The molecule has 0 radical (unpaired) electrons. The van der Waals surface area contributed by atoms with Crippen molar-refractivity contribution in [3.63, 3.8) is 0 Å². The molecule has 0 unspecified atom stereocenters. The molecule has 0 aliphatic heterocycles. The highest BCUT2D eigenvalue weighted by Gasteiger charge is 2.12. The number of rotatable bonds is 4. The van der Waals surface area contributed by atoms with Gasteiger partial charge in [-0.05, 0) is 44.5 Å². The maximum absolute atomic E-state index is 12.4. The summed E-state index contributed by atoms with van der Waals surface area (Å²) in [6.45, 7) is 5.90. The molecule has 2 rings (SSSR count). The van der Waals surface area contributed by atoms with E-state index in [9.17, 15) is 4.79 Å². The van der Waals surface area contributed by atoms with E-state index in [4.69, 9.17) is 4.74 Å². The predicted octanol–water partition coefficient (Wildman–Crippen LogP) is 4.01. The fourth-order valence-corrected chi connectivity index (χ4v) is 1.98. The first-order chi connectivity index (χ1) is 9.08. The summed E-state index contributed by atoms with van der Waals surface area (Å²) in [6, 6.07) is 14.9. The third-order valence-electron chi connectivity index (χ3n) is 2.85. The van der Waals surface area contributed by atoms with Gasteiger partial charge in [-0.25, -0.2) is 0 Å². The zero-order valence-electron chi connectivity index (χ0n) is 11.5. The van der Waals surface area contributed by atoms with Crippen LogP contribution >= 0.6 is 0 Å². The zero-order valence-corrected chi connectivity index (χ0v) is 11.5. The second-order valence-corrected chi connectivity index (χ2v) is 4.84. The fraction of sp³-hybridized carbons (Fsp3) is 0.235. The van der Waals surface area contributed by atoms with Crippen LogP contribution in [0.1, 0.15) is 35.3 Å². The van der Waals surface area contributed by atoms with Gasteiger partial charge in [0.25, 0.3) is 0 Å². The van der Waals surface area contributed by atoms with Gasteiger partial charge in [0.2, 0.25) is 0 Å². The zero-order chi connectivity index (χ0) is 13.8. The van der Waals surface area contributed by atoms with Crippen molar-refractivity contribution in [2.24, 2.45) is 0 Å². The highest BCUT2D eigenvalue weighted by Crippen LogP contribution is 2.20. The van der Waals surface area contributed by atoms with Crippen molar-refractivity contribution in [1.82, 2.24) is 0 Å². The smallest absolute Gasteiger partial charge is 0.193 e. The third-order valence-corrected chi connectivity index (χ3v) is 2.85. The SMILES string of the molecule is Cc1cc(OC(C)C)ccc1C(=O)c1ccccc1. The van der Waals surface area contributed by atoms with Gasteiger partial charge in [-0.2, -0.15) is 0 Å². The molecule has 98 valence electrons. The maximum Gasteiger partial charge on any atom is 0.193 e. The van der Waals surface area contributed by atoms with Crippen LogP contribution in [0.5, 0.6) is 5.75 Å². The Bertz CT molecular complexity index is 571. The van der Waals surface area contributed by atoms with Gasteiger partial charge < -0.3 is 4.74 Å². The maximum atomic E-state index is 12.4. The lowest BCUT2D eigenvalue weighted by Crippen LogP contribution is -2.07. The Balaban J connectivity index is 2.29. The monoisotopic (exact) mass is 254 g/mol. The Morgan fingerprint density at radius 3 is 2.32 bits per heavy atom. The lowest BCUT2D eigenvalue weighted by atomic mass is 9.99. The minimum absolute atomic E-state index is 0.0502. The summed E-state index contributed by atoms with van der Waals surface area (Å²) in [5, 5.41) is 0. The molecule has 0 heterocycles. The van der Waals surface area contributed by atoms with Crippen LogP contribution in [0.3, 0.4) is 0 Å². The summed E-state index contributed by atoms with van der Waals surface area (Å²) in [5.74, 6) is 0.853. The summed E-state index contributed by atoms with van der Waals surface area (Å²) >= 11 is 0. The van der Waals surface area contributed by atoms with E-state index in [1.165, 1.54) is 0 Å². The fourth-order valence-electron chi connectivity index (χ4n) is 1.98. The van der Waals surface area contributed by atoms with Crippen molar-refractivity contribution in [3.8, 4) is 5.75 Å². The van der Waals surface area contributed by atoms with E-state index in [2.05, 4.69) is 0 Å². The lowest BCUT2D eigenvalue weighted by Gasteiger charge is -2.12. The van der Waals surface area contributed by atoms with Crippen LogP contribution in [0.4, 0.5) is 0 Å².